The van der Waals surface area contributed by atoms with Crippen molar-refractivity contribution in [2.45, 2.75) is 18.4 Å². The van der Waals surface area contributed by atoms with Gasteiger partial charge in [0.1, 0.15) is 6.10 Å². The van der Waals surface area contributed by atoms with E-state index in [1.807, 2.05) is 0 Å². The smallest absolute Gasteiger partial charge is 0.158 e. The summed E-state index contributed by atoms with van der Waals surface area (Å²) in [4.78, 5) is 2.45. The van der Waals surface area contributed by atoms with Crippen molar-refractivity contribution in [3.05, 3.63) is 114 Å². The third-order valence-corrected chi connectivity index (χ3v) is 5.85. The lowest BCUT2D eigenvalue weighted by Crippen LogP contribution is -2.26. The zero-order valence-corrected chi connectivity index (χ0v) is 14.8. The van der Waals surface area contributed by atoms with Gasteiger partial charge in [-0.2, -0.15) is 0 Å². The van der Waals surface area contributed by atoms with E-state index in [-0.39, 0.29) is 18.4 Å². The van der Waals surface area contributed by atoms with Gasteiger partial charge >= 0.3 is 0 Å². The molecule has 3 atom stereocenters. The maximum Gasteiger partial charge on any atom is 0.158 e. The van der Waals surface area contributed by atoms with Crippen molar-refractivity contribution in [1.82, 2.24) is 0 Å². The summed E-state index contributed by atoms with van der Waals surface area (Å²) in [5.41, 5.74) is 5.08. The van der Waals surface area contributed by atoms with Crippen LogP contribution in [0.5, 0.6) is 0 Å². The van der Waals surface area contributed by atoms with Gasteiger partial charge in [-0.15, -0.1) is 0 Å². The quantitative estimate of drug-likeness (QED) is 0.429. The monoisotopic (exact) mass is 349 g/mol. The molecule has 6 rings (SSSR count). The van der Waals surface area contributed by atoms with Crippen LogP contribution >= 0.6 is 0 Å². The number of benzene rings is 4. The van der Waals surface area contributed by atoms with E-state index in [4.69, 9.17) is 4.74 Å². The van der Waals surface area contributed by atoms with Crippen LogP contribution in [-0.4, -0.2) is 0 Å². The Bertz CT molecular complexity index is 1120. The first-order chi connectivity index (χ1) is 13.4. The van der Waals surface area contributed by atoms with Gasteiger partial charge in [0.2, 0.25) is 0 Å². The Hall–Kier alpha value is -3.10. The van der Waals surface area contributed by atoms with Crippen LogP contribution < -0.4 is 4.90 Å². The van der Waals surface area contributed by atoms with Crippen LogP contribution in [0.1, 0.15) is 35.1 Å². The van der Waals surface area contributed by atoms with Gasteiger partial charge in [-0.3, -0.25) is 0 Å². The Kier molecular flexibility index (Phi) is 3.17. The number of para-hydroxylation sites is 1. The molecule has 130 valence electrons. The van der Waals surface area contributed by atoms with E-state index >= 15 is 0 Å². The predicted molar refractivity (Wildman–Crippen MR) is 109 cm³/mol. The molecule has 0 bridgehead atoms. The Balaban J connectivity index is 1.58. The van der Waals surface area contributed by atoms with Gasteiger partial charge < -0.3 is 9.64 Å². The van der Waals surface area contributed by atoms with Crippen LogP contribution in [0.15, 0.2) is 97.1 Å². The van der Waals surface area contributed by atoms with Gasteiger partial charge in [-0.1, -0.05) is 84.9 Å². The second kappa shape index (κ2) is 5.70. The van der Waals surface area contributed by atoms with Crippen LogP contribution in [0.4, 0.5) is 5.69 Å². The molecule has 0 saturated carbocycles. The average molecular weight is 349 g/mol. The summed E-state index contributed by atoms with van der Waals surface area (Å²) >= 11 is 0. The highest BCUT2D eigenvalue weighted by atomic mass is 16.5. The topological polar surface area (TPSA) is 12.5 Å². The molecule has 4 aromatic carbocycles. The first kappa shape index (κ1) is 15.0. The summed E-state index contributed by atoms with van der Waals surface area (Å²) in [6.45, 7) is 0. The summed E-state index contributed by atoms with van der Waals surface area (Å²) in [5, 5.41) is 2.66. The van der Waals surface area contributed by atoms with Gasteiger partial charge in [-0.25, -0.2) is 0 Å². The van der Waals surface area contributed by atoms with Gasteiger partial charge in [0.25, 0.3) is 0 Å². The van der Waals surface area contributed by atoms with Crippen molar-refractivity contribution >= 4 is 16.5 Å². The van der Waals surface area contributed by atoms with Crippen LogP contribution in [0, 0.1) is 0 Å². The number of nitrogens with zero attached hydrogens (tertiary/aromatic N) is 1. The minimum atomic E-state index is -0.0905. The number of anilines is 1. The molecule has 1 aliphatic heterocycles. The zero-order valence-electron chi connectivity index (χ0n) is 14.8. The van der Waals surface area contributed by atoms with Crippen LogP contribution in [-0.2, 0) is 4.74 Å². The molecule has 0 radical (unpaired) electrons. The molecule has 2 heteroatoms. The Morgan fingerprint density at radius 3 is 2.04 bits per heavy atom. The van der Waals surface area contributed by atoms with E-state index in [0.717, 1.165) is 0 Å². The fraction of sp³-hybridized carbons (Fsp3) is 0.120. The summed E-state index contributed by atoms with van der Waals surface area (Å²) in [7, 11) is 0. The van der Waals surface area contributed by atoms with Crippen molar-refractivity contribution in [3.8, 4) is 0 Å². The van der Waals surface area contributed by atoms with Crippen LogP contribution in [0.25, 0.3) is 10.8 Å². The minimum Gasteiger partial charge on any atom is -0.344 e. The fourth-order valence-corrected chi connectivity index (χ4v) is 4.76. The molecule has 0 aromatic heterocycles. The fourth-order valence-electron chi connectivity index (χ4n) is 4.76. The molecule has 4 aromatic rings. The highest BCUT2D eigenvalue weighted by Crippen LogP contribution is 2.58. The van der Waals surface area contributed by atoms with Crippen molar-refractivity contribution in [3.63, 3.8) is 0 Å². The van der Waals surface area contributed by atoms with Crippen molar-refractivity contribution in [2.24, 2.45) is 0 Å². The molecule has 1 fully saturated rings. The Morgan fingerprint density at radius 2 is 1.30 bits per heavy atom. The van der Waals surface area contributed by atoms with Gasteiger partial charge in [0.05, 0.1) is 6.04 Å². The van der Waals surface area contributed by atoms with Gasteiger partial charge in [0.15, 0.2) is 6.23 Å². The van der Waals surface area contributed by atoms with Crippen molar-refractivity contribution < 1.29 is 4.74 Å². The number of ether oxygens (including phenoxy) is 1. The lowest BCUT2D eigenvalue weighted by molar-refractivity contribution is 0.0433. The normalized spacial score (nSPS) is 23.0. The van der Waals surface area contributed by atoms with E-state index in [1.54, 1.807) is 0 Å². The number of hydrogen-bond donors (Lipinski definition) is 0. The summed E-state index contributed by atoms with van der Waals surface area (Å²) < 4.78 is 6.74. The third kappa shape index (κ3) is 2.11. The van der Waals surface area contributed by atoms with Crippen LogP contribution in [0.2, 0.25) is 0 Å². The lowest BCUT2D eigenvalue weighted by atomic mass is 10.0. The van der Waals surface area contributed by atoms with E-state index in [1.165, 1.54) is 33.2 Å². The SMILES string of the molecule is c1ccc([C@@H]2O[C@H]3c4cccc5cccc(c45)[C@H]3N2c2ccccc2)cc1. The van der Waals surface area contributed by atoms with Crippen molar-refractivity contribution in [1.29, 1.82) is 0 Å². The number of fused-ring (bicyclic) bond motifs is 3. The Labute approximate surface area is 158 Å². The highest BCUT2D eigenvalue weighted by Gasteiger charge is 2.49. The van der Waals surface area contributed by atoms with E-state index in [0.29, 0.717) is 0 Å². The molecule has 27 heavy (non-hydrogen) atoms. The minimum absolute atomic E-state index is 0.0523. The maximum absolute atomic E-state index is 6.74. The molecule has 0 amide bonds. The van der Waals surface area contributed by atoms with E-state index in [2.05, 4.69) is 102 Å². The second-order valence-corrected chi connectivity index (χ2v) is 7.30. The first-order valence-electron chi connectivity index (χ1n) is 9.47. The molecule has 1 aliphatic carbocycles. The summed E-state index contributed by atoms with van der Waals surface area (Å²) in [6.07, 6.45) is -0.0382. The Morgan fingerprint density at radius 1 is 0.630 bits per heavy atom. The predicted octanol–water partition coefficient (Wildman–Crippen LogP) is 6.17. The molecule has 2 nitrogen and oxygen atoms in total. The van der Waals surface area contributed by atoms with Gasteiger partial charge in [-0.05, 0) is 34.0 Å². The molecule has 0 unspecified atom stereocenters. The highest BCUT2D eigenvalue weighted by molar-refractivity contribution is 5.93. The zero-order chi connectivity index (χ0) is 17.8. The summed E-state index contributed by atoms with van der Waals surface area (Å²) in [5.74, 6) is 0. The van der Waals surface area contributed by atoms with E-state index in [9.17, 15) is 0 Å². The molecular weight excluding hydrogens is 330 g/mol. The molecular formula is C25H19NO. The molecule has 2 aliphatic rings. The number of rotatable bonds is 2. The molecule has 0 spiro atoms. The number of hydrogen-bond acceptors (Lipinski definition) is 2. The molecule has 1 saturated heterocycles. The summed E-state index contributed by atoms with van der Waals surface area (Å²) in [6, 6.07) is 34.6. The first-order valence-corrected chi connectivity index (χ1v) is 9.47. The largest absolute Gasteiger partial charge is 0.344 e. The van der Waals surface area contributed by atoms with Gasteiger partial charge in [0, 0.05) is 11.3 Å². The maximum atomic E-state index is 6.74. The average Bonchev–Trinajstić information content (AvgIpc) is 3.27. The second-order valence-electron chi connectivity index (χ2n) is 7.30. The third-order valence-electron chi connectivity index (χ3n) is 5.85. The van der Waals surface area contributed by atoms with Crippen LogP contribution in [0.3, 0.4) is 0 Å². The lowest BCUT2D eigenvalue weighted by Gasteiger charge is -2.30. The van der Waals surface area contributed by atoms with E-state index < -0.39 is 0 Å². The molecule has 1 heterocycles. The molecule has 0 N–H and O–H groups in total. The standard InChI is InChI=1S/C25H19NO/c1-3-9-18(10-4-1)25-26(19-13-5-2-6-14-19)23-20-15-7-11-17-12-8-16-21(22(17)20)24(23)27-25/h1-16,23-25H/t23-,24+,25+/m1/s1. The van der Waals surface area contributed by atoms with Crippen molar-refractivity contribution in [2.75, 3.05) is 4.90 Å².